The Labute approximate surface area is 139 Å². The van der Waals surface area contributed by atoms with Crippen LogP contribution in [0.4, 0.5) is 4.39 Å². The van der Waals surface area contributed by atoms with Crippen LogP contribution in [0.2, 0.25) is 0 Å². The normalized spacial score (nSPS) is 20.5. The highest BCUT2D eigenvalue weighted by molar-refractivity contribution is 7.21. The Morgan fingerprint density at radius 3 is 2.74 bits per heavy atom. The van der Waals surface area contributed by atoms with Crippen LogP contribution >= 0.6 is 11.3 Å². The number of piperidine rings is 1. The third-order valence-corrected chi connectivity index (χ3v) is 6.79. The smallest absolute Gasteiger partial charge is 0.264 e. The summed E-state index contributed by atoms with van der Waals surface area (Å²) < 4.78 is 14.9. The lowest BCUT2D eigenvalue weighted by atomic mass is 9.78. The summed E-state index contributed by atoms with van der Waals surface area (Å²) in [6.45, 7) is 5.68. The minimum atomic E-state index is -0.232. The predicted octanol–water partition coefficient (Wildman–Crippen LogP) is 3.56. The molecule has 1 aromatic heterocycles. The summed E-state index contributed by atoms with van der Waals surface area (Å²) in [7, 11) is 0. The Balaban J connectivity index is 1.58. The molecule has 0 atom stereocenters. The number of amides is 1. The van der Waals surface area contributed by atoms with Gasteiger partial charge in [0.05, 0.1) is 4.88 Å². The highest BCUT2D eigenvalue weighted by Gasteiger charge is 2.38. The van der Waals surface area contributed by atoms with Crippen molar-refractivity contribution in [2.45, 2.75) is 26.2 Å². The SMILES string of the molecule is Cc1c(C(=O)N2CCC3(CCNC3)CC2)sc2cccc(F)c12. The second kappa shape index (κ2) is 5.56. The molecule has 1 amide bonds. The van der Waals surface area contributed by atoms with Crippen LogP contribution in [-0.2, 0) is 0 Å². The molecule has 2 aliphatic heterocycles. The lowest BCUT2D eigenvalue weighted by molar-refractivity contribution is 0.0612. The minimum absolute atomic E-state index is 0.0731. The fourth-order valence-corrected chi connectivity index (χ4v) is 5.20. The second-order valence-corrected chi connectivity index (χ2v) is 7.94. The molecule has 2 aromatic rings. The lowest BCUT2D eigenvalue weighted by Gasteiger charge is -2.38. The van der Waals surface area contributed by atoms with Gasteiger partial charge in [0.1, 0.15) is 5.82 Å². The van der Waals surface area contributed by atoms with Gasteiger partial charge >= 0.3 is 0 Å². The van der Waals surface area contributed by atoms with E-state index in [2.05, 4.69) is 5.32 Å². The van der Waals surface area contributed by atoms with Gasteiger partial charge in [-0.3, -0.25) is 4.79 Å². The molecule has 3 heterocycles. The Morgan fingerprint density at radius 2 is 2.09 bits per heavy atom. The van der Waals surface area contributed by atoms with Gasteiger partial charge in [0.2, 0.25) is 0 Å². The number of hydrogen-bond acceptors (Lipinski definition) is 3. The van der Waals surface area contributed by atoms with Crippen LogP contribution in [0, 0.1) is 18.2 Å². The number of hydrogen-bond donors (Lipinski definition) is 1. The van der Waals surface area contributed by atoms with Crippen LogP contribution < -0.4 is 5.32 Å². The fourth-order valence-electron chi connectivity index (χ4n) is 4.01. The van der Waals surface area contributed by atoms with E-state index in [0.717, 1.165) is 49.3 Å². The lowest BCUT2D eigenvalue weighted by Crippen LogP contribution is -2.43. The Morgan fingerprint density at radius 1 is 1.30 bits per heavy atom. The number of likely N-dealkylation sites (tertiary alicyclic amines) is 1. The molecule has 122 valence electrons. The first kappa shape index (κ1) is 15.1. The third-order valence-electron chi connectivity index (χ3n) is 5.54. The molecule has 1 N–H and O–H groups in total. The summed E-state index contributed by atoms with van der Waals surface area (Å²) in [5.74, 6) is -0.158. The Hall–Kier alpha value is -1.46. The molecular formula is C18H21FN2OS. The first-order valence-electron chi connectivity index (χ1n) is 8.27. The number of fused-ring (bicyclic) bond motifs is 1. The van der Waals surface area contributed by atoms with E-state index in [1.807, 2.05) is 17.9 Å². The van der Waals surface area contributed by atoms with Gasteiger partial charge in [-0.2, -0.15) is 0 Å². The van der Waals surface area contributed by atoms with E-state index >= 15 is 0 Å². The maximum atomic E-state index is 14.0. The summed E-state index contributed by atoms with van der Waals surface area (Å²) in [6, 6.07) is 5.07. The van der Waals surface area contributed by atoms with Gasteiger partial charge in [-0.05, 0) is 55.8 Å². The van der Waals surface area contributed by atoms with Gasteiger partial charge in [0.25, 0.3) is 5.91 Å². The second-order valence-electron chi connectivity index (χ2n) is 6.89. The monoisotopic (exact) mass is 332 g/mol. The van der Waals surface area contributed by atoms with Crippen molar-refractivity contribution in [2.75, 3.05) is 26.2 Å². The molecule has 2 saturated heterocycles. The molecule has 0 bridgehead atoms. The quantitative estimate of drug-likeness (QED) is 0.866. The van der Waals surface area contributed by atoms with Crippen LogP contribution in [0.3, 0.4) is 0 Å². The summed E-state index contributed by atoms with van der Waals surface area (Å²) >= 11 is 1.42. The molecular weight excluding hydrogens is 311 g/mol. The molecule has 2 aliphatic rings. The van der Waals surface area contributed by atoms with Gasteiger partial charge in [-0.25, -0.2) is 4.39 Å². The van der Waals surface area contributed by atoms with Crippen LogP contribution in [-0.4, -0.2) is 37.0 Å². The van der Waals surface area contributed by atoms with Gasteiger partial charge in [0, 0.05) is 29.7 Å². The molecule has 2 fully saturated rings. The predicted molar refractivity (Wildman–Crippen MR) is 91.6 cm³/mol. The van der Waals surface area contributed by atoms with E-state index in [-0.39, 0.29) is 11.7 Å². The topological polar surface area (TPSA) is 32.3 Å². The molecule has 0 saturated carbocycles. The van der Waals surface area contributed by atoms with Gasteiger partial charge in [-0.15, -0.1) is 11.3 Å². The molecule has 4 rings (SSSR count). The van der Waals surface area contributed by atoms with Crippen molar-refractivity contribution in [1.29, 1.82) is 0 Å². The van der Waals surface area contributed by atoms with Crippen molar-refractivity contribution in [3.05, 3.63) is 34.5 Å². The van der Waals surface area contributed by atoms with Crippen molar-refractivity contribution < 1.29 is 9.18 Å². The first-order valence-corrected chi connectivity index (χ1v) is 9.09. The van der Waals surface area contributed by atoms with Gasteiger partial charge in [-0.1, -0.05) is 6.07 Å². The summed E-state index contributed by atoms with van der Waals surface area (Å²) in [6.07, 6.45) is 3.37. The van der Waals surface area contributed by atoms with Crippen molar-refractivity contribution in [3.8, 4) is 0 Å². The van der Waals surface area contributed by atoms with E-state index in [0.29, 0.717) is 15.7 Å². The zero-order chi connectivity index (χ0) is 16.0. The van der Waals surface area contributed by atoms with Crippen molar-refractivity contribution in [3.63, 3.8) is 0 Å². The fraction of sp³-hybridized carbons (Fsp3) is 0.500. The van der Waals surface area contributed by atoms with E-state index in [1.54, 1.807) is 6.07 Å². The number of rotatable bonds is 1. The molecule has 0 radical (unpaired) electrons. The molecule has 1 spiro atoms. The van der Waals surface area contributed by atoms with Crippen LogP contribution in [0.1, 0.15) is 34.5 Å². The molecule has 5 heteroatoms. The van der Waals surface area contributed by atoms with Crippen molar-refractivity contribution in [2.24, 2.45) is 5.41 Å². The Bertz CT molecular complexity index is 754. The van der Waals surface area contributed by atoms with Gasteiger partial charge in [0.15, 0.2) is 0 Å². The van der Waals surface area contributed by atoms with Crippen molar-refractivity contribution in [1.82, 2.24) is 10.2 Å². The molecule has 3 nitrogen and oxygen atoms in total. The van der Waals surface area contributed by atoms with Crippen molar-refractivity contribution >= 4 is 27.3 Å². The van der Waals surface area contributed by atoms with Crippen LogP contribution in [0.15, 0.2) is 18.2 Å². The Kier molecular flexibility index (Phi) is 3.65. The van der Waals surface area contributed by atoms with E-state index in [1.165, 1.54) is 23.8 Å². The van der Waals surface area contributed by atoms with Crippen LogP contribution in [0.25, 0.3) is 10.1 Å². The summed E-state index contributed by atoms with van der Waals surface area (Å²) in [5.41, 5.74) is 1.19. The molecule has 1 aromatic carbocycles. The van der Waals surface area contributed by atoms with Gasteiger partial charge < -0.3 is 10.2 Å². The minimum Gasteiger partial charge on any atom is -0.338 e. The number of carbonyl (C=O) groups excluding carboxylic acids is 1. The maximum Gasteiger partial charge on any atom is 0.264 e. The highest BCUT2D eigenvalue weighted by Crippen LogP contribution is 2.38. The first-order chi connectivity index (χ1) is 11.1. The average molecular weight is 332 g/mol. The number of aryl methyl sites for hydroxylation is 1. The average Bonchev–Trinajstić information content (AvgIpc) is 3.14. The van der Waals surface area contributed by atoms with Crippen LogP contribution in [0.5, 0.6) is 0 Å². The standard InChI is InChI=1S/C18H21FN2OS/c1-12-15-13(19)3-2-4-14(15)23-16(12)17(22)21-9-6-18(7-10-21)5-8-20-11-18/h2-4,20H,5-11H2,1H3. The zero-order valence-electron chi connectivity index (χ0n) is 13.3. The number of nitrogens with zero attached hydrogens (tertiary/aromatic N) is 1. The molecule has 23 heavy (non-hydrogen) atoms. The third kappa shape index (κ3) is 2.46. The highest BCUT2D eigenvalue weighted by atomic mass is 32.1. The van der Waals surface area contributed by atoms with E-state index in [9.17, 15) is 9.18 Å². The number of carbonyl (C=O) groups is 1. The zero-order valence-corrected chi connectivity index (χ0v) is 14.1. The van der Waals surface area contributed by atoms with E-state index in [4.69, 9.17) is 0 Å². The number of thiophene rings is 1. The molecule has 0 unspecified atom stereocenters. The number of nitrogens with one attached hydrogen (secondary N) is 1. The van der Waals surface area contributed by atoms with E-state index < -0.39 is 0 Å². The number of benzene rings is 1. The summed E-state index contributed by atoms with van der Waals surface area (Å²) in [4.78, 5) is 15.6. The molecule has 0 aliphatic carbocycles. The summed E-state index contributed by atoms with van der Waals surface area (Å²) in [5, 5.41) is 4.05. The largest absolute Gasteiger partial charge is 0.338 e. The number of halogens is 1. The maximum absolute atomic E-state index is 14.0.